The van der Waals surface area contributed by atoms with Crippen LogP contribution in [0.2, 0.25) is 0 Å². The van der Waals surface area contributed by atoms with Crippen LogP contribution < -0.4 is 15.4 Å². The Morgan fingerprint density at radius 2 is 2.15 bits per heavy atom. The standard InChI is InChI=1S/C19H19N3O4S/c1-25-15-5-2-4-13(10-15)7-8-20-17(23)11-14-12-27-19(21-14)22-18(24)16-6-3-9-26-16/h2-6,9-10,12H,7-8,11H2,1H3,(H,20,23)(H,21,22,24). The topological polar surface area (TPSA) is 93.5 Å². The van der Waals surface area contributed by atoms with Gasteiger partial charge in [-0.2, -0.15) is 0 Å². The number of carbonyl (C=O) groups excluding carboxylic acids is 2. The summed E-state index contributed by atoms with van der Waals surface area (Å²) in [6, 6.07) is 10.9. The lowest BCUT2D eigenvalue weighted by Crippen LogP contribution is -2.27. The molecule has 0 saturated carbocycles. The summed E-state index contributed by atoms with van der Waals surface area (Å²) in [4.78, 5) is 28.2. The zero-order chi connectivity index (χ0) is 19.1. The van der Waals surface area contributed by atoms with Gasteiger partial charge in [0.2, 0.25) is 5.91 Å². The Labute approximate surface area is 160 Å². The summed E-state index contributed by atoms with van der Waals surface area (Å²) in [5, 5.41) is 7.69. The molecule has 0 aliphatic carbocycles. The van der Waals surface area contributed by atoms with Crippen molar-refractivity contribution in [2.75, 3.05) is 19.0 Å². The van der Waals surface area contributed by atoms with Crippen LogP contribution in [0.3, 0.4) is 0 Å². The molecule has 0 saturated heterocycles. The first-order valence-electron chi connectivity index (χ1n) is 8.33. The maximum absolute atomic E-state index is 12.1. The van der Waals surface area contributed by atoms with E-state index in [0.717, 1.165) is 11.3 Å². The molecule has 140 valence electrons. The molecule has 0 unspecified atom stereocenters. The lowest BCUT2D eigenvalue weighted by Gasteiger charge is -2.06. The van der Waals surface area contributed by atoms with Crippen molar-refractivity contribution in [3.05, 3.63) is 65.1 Å². The first-order valence-corrected chi connectivity index (χ1v) is 9.21. The van der Waals surface area contributed by atoms with Gasteiger partial charge in [0.25, 0.3) is 5.91 Å². The number of ether oxygens (including phenoxy) is 1. The second kappa shape index (κ2) is 9.00. The van der Waals surface area contributed by atoms with Gasteiger partial charge in [0.05, 0.1) is 25.5 Å². The Morgan fingerprint density at radius 1 is 1.26 bits per heavy atom. The van der Waals surface area contributed by atoms with Crippen molar-refractivity contribution in [2.24, 2.45) is 0 Å². The van der Waals surface area contributed by atoms with Gasteiger partial charge in [0, 0.05) is 11.9 Å². The maximum atomic E-state index is 12.1. The summed E-state index contributed by atoms with van der Waals surface area (Å²) < 4.78 is 10.2. The van der Waals surface area contributed by atoms with Crippen LogP contribution in [0, 0.1) is 0 Å². The van der Waals surface area contributed by atoms with Crippen LogP contribution in [-0.4, -0.2) is 30.5 Å². The number of carbonyl (C=O) groups is 2. The normalized spacial score (nSPS) is 10.4. The van der Waals surface area contributed by atoms with Crippen LogP contribution in [0.25, 0.3) is 0 Å². The average Bonchev–Trinajstić information content (AvgIpc) is 3.34. The Balaban J connectivity index is 1.44. The molecule has 0 fully saturated rings. The highest BCUT2D eigenvalue weighted by molar-refractivity contribution is 7.14. The largest absolute Gasteiger partial charge is 0.497 e. The molecule has 2 N–H and O–H groups in total. The highest BCUT2D eigenvalue weighted by Gasteiger charge is 2.12. The van der Waals surface area contributed by atoms with Crippen molar-refractivity contribution < 1.29 is 18.7 Å². The molecule has 0 aliphatic rings. The summed E-state index contributed by atoms with van der Waals surface area (Å²) in [6.45, 7) is 0.526. The van der Waals surface area contributed by atoms with Crippen molar-refractivity contribution in [1.29, 1.82) is 0 Å². The summed E-state index contributed by atoms with van der Waals surface area (Å²) in [7, 11) is 1.63. The van der Waals surface area contributed by atoms with Crippen molar-refractivity contribution in [3.8, 4) is 5.75 Å². The first-order chi connectivity index (χ1) is 13.1. The van der Waals surface area contributed by atoms with Gasteiger partial charge in [-0.05, 0) is 36.2 Å². The van der Waals surface area contributed by atoms with E-state index in [9.17, 15) is 9.59 Å². The number of aromatic nitrogens is 1. The van der Waals surface area contributed by atoms with Crippen LogP contribution in [-0.2, 0) is 17.6 Å². The van der Waals surface area contributed by atoms with Gasteiger partial charge in [-0.1, -0.05) is 12.1 Å². The second-order valence-electron chi connectivity index (χ2n) is 5.70. The van der Waals surface area contributed by atoms with Crippen LogP contribution in [0.5, 0.6) is 5.75 Å². The fourth-order valence-corrected chi connectivity index (χ4v) is 3.12. The third-order valence-corrected chi connectivity index (χ3v) is 4.54. The number of rotatable bonds is 8. The number of thiazole rings is 1. The molecule has 0 spiro atoms. The predicted octanol–water partition coefficient (Wildman–Crippen LogP) is 2.90. The first kappa shape index (κ1) is 18.7. The number of amides is 2. The number of nitrogens with zero attached hydrogens (tertiary/aromatic N) is 1. The summed E-state index contributed by atoms with van der Waals surface area (Å²) in [5.74, 6) is 0.517. The SMILES string of the molecule is COc1cccc(CCNC(=O)Cc2csc(NC(=O)c3ccco3)n2)c1. The number of methoxy groups -OCH3 is 1. The molecule has 7 nitrogen and oxygen atoms in total. The van der Waals surface area contributed by atoms with Gasteiger partial charge in [0.1, 0.15) is 5.75 Å². The van der Waals surface area contributed by atoms with E-state index in [0.29, 0.717) is 23.8 Å². The van der Waals surface area contributed by atoms with Gasteiger partial charge >= 0.3 is 0 Å². The Kier molecular flexibility index (Phi) is 6.22. The monoisotopic (exact) mass is 385 g/mol. The smallest absolute Gasteiger partial charge is 0.293 e. The number of anilines is 1. The van der Waals surface area contributed by atoms with Gasteiger partial charge < -0.3 is 14.5 Å². The van der Waals surface area contributed by atoms with E-state index in [-0.39, 0.29) is 24.0 Å². The minimum absolute atomic E-state index is 0.118. The third kappa shape index (κ3) is 5.42. The van der Waals surface area contributed by atoms with E-state index in [1.54, 1.807) is 24.6 Å². The Morgan fingerprint density at radius 3 is 2.93 bits per heavy atom. The molecular formula is C19H19N3O4S. The van der Waals surface area contributed by atoms with E-state index < -0.39 is 0 Å². The minimum Gasteiger partial charge on any atom is -0.497 e. The van der Waals surface area contributed by atoms with Gasteiger partial charge in [-0.15, -0.1) is 11.3 Å². The van der Waals surface area contributed by atoms with Crippen LogP contribution >= 0.6 is 11.3 Å². The summed E-state index contributed by atoms with van der Waals surface area (Å²) in [5.41, 5.74) is 1.69. The number of furan rings is 1. The molecular weight excluding hydrogens is 366 g/mol. The molecule has 27 heavy (non-hydrogen) atoms. The van der Waals surface area contributed by atoms with Gasteiger partial charge in [-0.3, -0.25) is 14.9 Å². The number of hydrogen-bond donors (Lipinski definition) is 2. The lowest BCUT2D eigenvalue weighted by atomic mass is 10.1. The number of hydrogen-bond acceptors (Lipinski definition) is 6. The molecule has 0 radical (unpaired) electrons. The van der Waals surface area contributed by atoms with E-state index >= 15 is 0 Å². The minimum atomic E-state index is -0.372. The molecule has 2 amide bonds. The van der Waals surface area contributed by atoms with Crippen molar-refractivity contribution in [1.82, 2.24) is 10.3 Å². The summed E-state index contributed by atoms with van der Waals surface area (Å²) in [6.07, 6.45) is 2.30. The number of nitrogens with one attached hydrogen (secondary N) is 2. The highest BCUT2D eigenvalue weighted by Crippen LogP contribution is 2.17. The molecule has 0 atom stereocenters. The summed E-state index contributed by atoms with van der Waals surface area (Å²) >= 11 is 1.26. The molecule has 8 heteroatoms. The highest BCUT2D eigenvalue weighted by atomic mass is 32.1. The Bertz CT molecular complexity index is 905. The quantitative estimate of drug-likeness (QED) is 0.622. The maximum Gasteiger partial charge on any atom is 0.293 e. The van der Waals surface area contributed by atoms with Crippen molar-refractivity contribution in [3.63, 3.8) is 0 Å². The molecule has 3 rings (SSSR count). The molecule has 1 aromatic carbocycles. The lowest BCUT2D eigenvalue weighted by molar-refractivity contribution is -0.120. The van der Waals surface area contributed by atoms with E-state index in [4.69, 9.17) is 9.15 Å². The number of benzene rings is 1. The molecule has 2 heterocycles. The van der Waals surface area contributed by atoms with Crippen molar-refractivity contribution >= 4 is 28.3 Å². The average molecular weight is 385 g/mol. The fourth-order valence-electron chi connectivity index (χ4n) is 2.41. The van der Waals surface area contributed by atoms with E-state index in [1.165, 1.54) is 17.6 Å². The molecule has 0 bridgehead atoms. The van der Waals surface area contributed by atoms with Gasteiger partial charge in [0.15, 0.2) is 10.9 Å². The molecule has 3 aromatic rings. The zero-order valence-corrected chi connectivity index (χ0v) is 15.5. The predicted molar refractivity (Wildman–Crippen MR) is 102 cm³/mol. The van der Waals surface area contributed by atoms with Crippen molar-refractivity contribution in [2.45, 2.75) is 12.8 Å². The van der Waals surface area contributed by atoms with Crippen LogP contribution in [0.1, 0.15) is 21.8 Å². The van der Waals surface area contributed by atoms with Gasteiger partial charge in [-0.25, -0.2) is 4.98 Å². The third-order valence-electron chi connectivity index (χ3n) is 3.73. The van der Waals surface area contributed by atoms with E-state index in [2.05, 4.69) is 15.6 Å². The zero-order valence-electron chi connectivity index (χ0n) is 14.7. The Hall–Kier alpha value is -3.13. The van der Waals surface area contributed by atoms with Crippen LogP contribution in [0.15, 0.2) is 52.5 Å². The molecule has 2 aromatic heterocycles. The van der Waals surface area contributed by atoms with Crippen LogP contribution in [0.4, 0.5) is 5.13 Å². The molecule has 0 aliphatic heterocycles. The second-order valence-corrected chi connectivity index (χ2v) is 6.56. The van der Waals surface area contributed by atoms with E-state index in [1.807, 2.05) is 24.3 Å². The fraction of sp³-hybridized carbons (Fsp3) is 0.211.